The third-order valence-corrected chi connectivity index (χ3v) is 2.32. The van der Waals surface area contributed by atoms with E-state index in [0.717, 1.165) is 18.6 Å². The van der Waals surface area contributed by atoms with Crippen molar-refractivity contribution in [2.75, 3.05) is 0 Å². The van der Waals surface area contributed by atoms with Gasteiger partial charge in [-0.1, -0.05) is 13.8 Å². The molecule has 3 heteroatoms. The van der Waals surface area contributed by atoms with Crippen LogP contribution in [0.1, 0.15) is 33.0 Å². The molecule has 0 bridgehead atoms. The Labute approximate surface area is 90.9 Å². The Balaban J connectivity index is 2.24. The summed E-state index contributed by atoms with van der Waals surface area (Å²) < 4.78 is 5.22. The van der Waals surface area contributed by atoms with Gasteiger partial charge >= 0.3 is 0 Å². The maximum Gasteiger partial charge on any atom is 0.222 e. The molecule has 0 aliphatic heterocycles. The van der Waals surface area contributed by atoms with Gasteiger partial charge in [-0.05, 0) is 25.5 Å². The molecule has 0 fully saturated rings. The van der Waals surface area contributed by atoms with Crippen molar-refractivity contribution in [2.24, 2.45) is 5.92 Å². The van der Waals surface area contributed by atoms with Crippen LogP contribution in [-0.2, 0) is 11.2 Å². The van der Waals surface area contributed by atoms with E-state index < -0.39 is 0 Å². The lowest BCUT2D eigenvalue weighted by Crippen LogP contribution is -2.35. The highest BCUT2D eigenvalue weighted by Crippen LogP contribution is 2.06. The van der Waals surface area contributed by atoms with Crippen molar-refractivity contribution in [1.82, 2.24) is 5.32 Å². The average Bonchev–Trinajstić information content (AvgIpc) is 2.66. The van der Waals surface area contributed by atoms with Gasteiger partial charge in [-0.3, -0.25) is 4.79 Å². The first-order chi connectivity index (χ1) is 7.09. The van der Waals surface area contributed by atoms with E-state index in [1.807, 2.05) is 32.9 Å². The summed E-state index contributed by atoms with van der Waals surface area (Å²) in [5.74, 6) is 1.14. The van der Waals surface area contributed by atoms with Gasteiger partial charge in [0.25, 0.3) is 0 Å². The minimum Gasteiger partial charge on any atom is -0.469 e. The van der Waals surface area contributed by atoms with Gasteiger partial charge in [0, 0.05) is 18.4 Å². The lowest BCUT2D eigenvalue weighted by Gasteiger charge is -2.14. The number of hydrogen-bond acceptors (Lipinski definition) is 2. The minimum absolute atomic E-state index is 0.0519. The molecule has 0 saturated heterocycles. The van der Waals surface area contributed by atoms with Gasteiger partial charge < -0.3 is 9.73 Å². The Bertz CT molecular complexity index is 291. The number of carbonyl (C=O) groups excluding carboxylic acids is 1. The van der Waals surface area contributed by atoms with Crippen LogP contribution in [-0.4, -0.2) is 11.9 Å². The summed E-state index contributed by atoms with van der Waals surface area (Å²) in [6.45, 7) is 5.81. The van der Waals surface area contributed by atoms with Crippen molar-refractivity contribution in [3.8, 4) is 0 Å². The molecule has 1 N–H and O–H groups in total. The zero-order valence-corrected chi connectivity index (χ0v) is 9.62. The highest BCUT2D eigenvalue weighted by Gasteiger charge is 2.10. The monoisotopic (exact) mass is 209 g/mol. The van der Waals surface area contributed by atoms with Crippen LogP contribution in [0.3, 0.4) is 0 Å². The molecule has 0 radical (unpaired) electrons. The standard InChI is InChI=1S/C12H19NO2/c1-9(2)12(14)13-10(3)6-7-11-5-4-8-15-11/h4-5,8-10H,6-7H2,1-3H3,(H,13,14)/t10-/m0/s1. The summed E-state index contributed by atoms with van der Waals surface area (Å²) in [4.78, 5) is 11.4. The van der Waals surface area contributed by atoms with E-state index in [1.54, 1.807) is 6.26 Å². The maximum absolute atomic E-state index is 11.4. The molecule has 1 aromatic rings. The lowest BCUT2D eigenvalue weighted by atomic mass is 10.1. The molecule has 1 aromatic heterocycles. The van der Waals surface area contributed by atoms with E-state index in [2.05, 4.69) is 5.32 Å². The fraction of sp³-hybridized carbons (Fsp3) is 0.583. The molecular formula is C12H19NO2. The third-order valence-electron chi connectivity index (χ3n) is 2.32. The van der Waals surface area contributed by atoms with Crippen LogP contribution in [0.2, 0.25) is 0 Å². The Morgan fingerprint density at radius 1 is 1.47 bits per heavy atom. The summed E-state index contributed by atoms with van der Waals surface area (Å²) in [6.07, 6.45) is 3.45. The summed E-state index contributed by atoms with van der Waals surface area (Å²) in [7, 11) is 0. The van der Waals surface area contributed by atoms with Crippen molar-refractivity contribution in [3.05, 3.63) is 24.2 Å². The van der Waals surface area contributed by atoms with Crippen LogP contribution < -0.4 is 5.32 Å². The predicted octanol–water partition coefficient (Wildman–Crippen LogP) is 2.37. The molecule has 84 valence electrons. The summed E-state index contributed by atoms with van der Waals surface area (Å²) in [5.41, 5.74) is 0. The van der Waals surface area contributed by atoms with Gasteiger partial charge in [0.1, 0.15) is 5.76 Å². The number of amides is 1. The Morgan fingerprint density at radius 2 is 2.20 bits per heavy atom. The molecule has 0 aliphatic rings. The molecule has 1 heterocycles. The molecule has 15 heavy (non-hydrogen) atoms. The molecule has 0 spiro atoms. The van der Waals surface area contributed by atoms with Gasteiger partial charge in [-0.15, -0.1) is 0 Å². The van der Waals surface area contributed by atoms with Gasteiger partial charge in [0.15, 0.2) is 0 Å². The van der Waals surface area contributed by atoms with E-state index in [4.69, 9.17) is 4.42 Å². The first-order valence-corrected chi connectivity index (χ1v) is 5.42. The van der Waals surface area contributed by atoms with Crippen LogP contribution in [0.5, 0.6) is 0 Å². The fourth-order valence-corrected chi connectivity index (χ4v) is 1.30. The fourth-order valence-electron chi connectivity index (χ4n) is 1.30. The van der Waals surface area contributed by atoms with E-state index in [0.29, 0.717) is 0 Å². The quantitative estimate of drug-likeness (QED) is 0.809. The second-order valence-corrected chi connectivity index (χ2v) is 4.18. The van der Waals surface area contributed by atoms with E-state index in [1.165, 1.54) is 0 Å². The maximum atomic E-state index is 11.4. The van der Waals surface area contributed by atoms with Crippen LogP contribution in [0.15, 0.2) is 22.8 Å². The number of furan rings is 1. The van der Waals surface area contributed by atoms with E-state index in [-0.39, 0.29) is 17.9 Å². The molecule has 0 unspecified atom stereocenters. The van der Waals surface area contributed by atoms with Crippen LogP contribution in [0.4, 0.5) is 0 Å². The molecule has 3 nitrogen and oxygen atoms in total. The van der Waals surface area contributed by atoms with Crippen molar-refractivity contribution in [2.45, 2.75) is 39.7 Å². The molecule has 1 atom stereocenters. The normalized spacial score (nSPS) is 12.8. The molecule has 0 aliphatic carbocycles. The summed E-state index contributed by atoms with van der Waals surface area (Å²) in [6, 6.07) is 4.04. The van der Waals surface area contributed by atoms with Crippen LogP contribution >= 0.6 is 0 Å². The number of aryl methyl sites for hydroxylation is 1. The zero-order chi connectivity index (χ0) is 11.3. The Hall–Kier alpha value is -1.25. The summed E-state index contributed by atoms with van der Waals surface area (Å²) >= 11 is 0. The number of nitrogens with one attached hydrogen (secondary N) is 1. The second-order valence-electron chi connectivity index (χ2n) is 4.18. The van der Waals surface area contributed by atoms with Gasteiger partial charge in [-0.25, -0.2) is 0 Å². The van der Waals surface area contributed by atoms with E-state index in [9.17, 15) is 4.79 Å². The molecular weight excluding hydrogens is 190 g/mol. The smallest absolute Gasteiger partial charge is 0.222 e. The average molecular weight is 209 g/mol. The Morgan fingerprint density at radius 3 is 2.73 bits per heavy atom. The highest BCUT2D eigenvalue weighted by molar-refractivity contribution is 5.78. The van der Waals surface area contributed by atoms with Crippen molar-refractivity contribution in [3.63, 3.8) is 0 Å². The molecule has 0 aromatic carbocycles. The topological polar surface area (TPSA) is 42.2 Å². The van der Waals surface area contributed by atoms with Crippen molar-refractivity contribution >= 4 is 5.91 Å². The highest BCUT2D eigenvalue weighted by atomic mass is 16.3. The second kappa shape index (κ2) is 5.59. The van der Waals surface area contributed by atoms with Crippen molar-refractivity contribution < 1.29 is 9.21 Å². The minimum atomic E-state index is 0.0519. The van der Waals surface area contributed by atoms with E-state index >= 15 is 0 Å². The predicted molar refractivity (Wildman–Crippen MR) is 59.5 cm³/mol. The van der Waals surface area contributed by atoms with Gasteiger partial charge in [0.2, 0.25) is 5.91 Å². The first-order valence-electron chi connectivity index (χ1n) is 5.42. The SMILES string of the molecule is CC(C)C(=O)N[C@@H](C)CCc1ccco1. The molecule has 1 amide bonds. The third kappa shape index (κ3) is 4.19. The van der Waals surface area contributed by atoms with Crippen LogP contribution in [0.25, 0.3) is 0 Å². The van der Waals surface area contributed by atoms with Crippen molar-refractivity contribution in [1.29, 1.82) is 0 Å². The zero-order valence-electron chi connectivity index (χ0n) is 9.62. The lowest BCUT2D eigenvalue weighted by molar-refractivity contribution is -0.124. The summed E-state index contributed by atoms with van der Waals surface area (Å²) in [5, 5.41) is 2.96. The van der Waals surface area contributed by atoms with Gasteiger partial charge in [-0.2, -0.15) is 0 Å². The largest absolute Gasteiger partial charge is 0.469 e. The number of rotatable bonds is 5. The molecule has 0 saturated carbocycles. The first kappa shape index (κ1) is 11.8. The Kier molecular flexibility index (Phi) is 4.40. The number of carbonyl (C=O) groups is 1. The van der Waals surface area contributed by atoms with Gasteiger partial charge in [0.05, 0.1) is 6.26 Å². The molecule has 1 rings (SSSR count). The van der Waals surface area contributed by atoms with Crippen LogP contribution in [0, 0.1) is 5.92 Å². The number of hydrogen-bond donors (Lipinski definition) is 1.